The first-order valence-corrected chi connectivity index (χ1v) is 15.7. The molecule has 10 heteroatoms. The van der Waals surface area contributed by atoms with Gasteiger partial charge in [0.05, 0.1) is 19.6 Å². The zero-order chi connectivity index (χ0) is 29.9. The molecule has 0 aliphatic heterocycles. The smallest absolute Gasteiger partial charge is 0.267 e. The zero-order valence-corrected chi connectivity index (χ0v) is 23.9. The summed E-state index contributed by atoms with van der Waals surface area (Å²) in [6.07, 6.45) is -0.941. The third-order valence-corrected chi connectivity index (χ3v) is 9.93. The Morgan fingerprint density at radius 2 is 0.881 bits per heavy atom. The number of phenolic OH excluding ortho intramolecular Hbond substituents is 2. The minimum Gasteiger partial charge on any atom is -0.508 e. The number of sulfone groups is 2. The van der Waals surface area contributed by atoms with Crippen molar-refractivity contribution in [2.24, 2.45) is 0 Å². The number of benzene rings is 5. The van der Waals surface area contributed by atoms with Gasteiger partial charge in [-0.1, -0.05) is 23.8 Å². The van der Waals surface area contributed by atoms with Crippen molar-refractivity contribution < 1.29 is 36.5 Å². The maximum absolute atomic E-state index is 13.0. The summed E-state index contributed by atoms with van der Waals surface area (Å²) < 4.78 is 64.2. The molecular formula is C32H26O8S2. The van der Waals surface area contributed by atoms with Crippen molar-refractivity contribution in [3.05, 3.63) is 132 Å². The fraction of sp³-hybridized carbons (Fsp3) is 0.0625. The predicted octanol–water partition coefficient (Wildman–Crippen LogP) is 6.23. The maximum Gasteiger partial charge on any atom is 0.267 e. The van der Waals surface area contributed by atoms with Gasteiger partial charge in [0.15, 0.2) is 0 Å². The van der Waals surface area contributed by atoms with Crippen LogP contribution in [-0.4, -0.2) is 27.0 Å². The highest BCUT2D eigenvalue weighted by atomic mass is 32.2. The van der Waals surface area contributed by atoms with E-state index < -0.39 is 26.0 Å². The second kappa shape index (κ2) is 11.6. The second-order valence-electron chi connectivity index (χ2n) is 9.42. The highest BCUT2D eigenvalue weighted by molar-refractivity contribution is 7.91. The van der Waals surface area contributed by atoms with Crippen LogP contribution in [0.5, 0.6) is 23.0 Å². The van der Waals surface area contributed by atoms with Crippen LogP contribution >= 0.6 is 0 Å². The Labute approximate surface area is 243 Å². The van der Waals surface area contributed by atoms with Crippen LogP contribution in [0.15, 0.2) is 141 Å². The van der Waals surface area contributed by atoms with Crippen molar-refractivity contribution >= 4 is 19.7 Å². The van der Waals surface area contributed by atoms with Gasteiger partial charge >= 0.3 is 0 Å². The first-order valence-electron chi connectivity index (χ1n) is 12.7. The van der Waals surface area contributed by atoms with E-state index in [1.165, 1.54) is 97.1 Å². The molecule has 0 spiro atoms. The van der Waals surface area contributed by atoms with E-state index in [2.05, 4.69) is 0 Å². The number of ether oxygens (including phenoxy) is 2. The highest BCUT2D eigenvalue weighted by Crippen LogP contribution is 2.31. The summed E-state index contributed by atoms with van der Waals surface area (Å²) in [5.41, 5.74) is 1.66. The van der Waals surface area contributed by atoms with Gasteiger partial charge in [-0.25, -0.2) is 16.8 Å². The molecule has 0 atom stereocenters. The third-order valence-electron chi connectivity index (χ3n) is 6.36. The molecule has 5 rings (SSSR count). The van der Waals surface area contributed by atoms with E-state index in [-0.39, 0.29) is 31.1 Å². The molecule has 0 aliphatic carbocycles. The molecule has 0 fully saturated rings. The van der Waals surface area contributed by atoms with Gasteiger partial charge in [-0.15, -0.1) is 0 Å². The largest absolute Gasteiger partial charge is 0.508 e. The Morgan fingerprint density at radius 1 is 0.524 bits per heavy atom. The fourth-order valence-electron chi connectivity index (χ4n) is 4.14. The minimum absolute atomic E-state index is 0.0338. The van der Waals surface area contributed by atoms with Crippen molar-refractivity contribution in [2.45, 2.75) is 32.8 Å². The topological polar surface area (TPSA) is 127 Å². The predicted molar refractivity (Wildman–Crippen MR) is 155 cm³/mol. The molecule has 5 aromatic carbocycles. The minimum atomic E-state index is -3.81. The van der Waals surface area contributed by atoms with Crippen molar-refractivity contribution in [1.29, 1.82) is 0 Å². The summed E-state index contributed by atoms with van der Waals surface area (Å²) in [5.74, 6) is 0.623. The monoisotopic (exact) mass is 602 g/mol. The van der Waals surface area contributed by atoms with Crippen molar-refractivity contribution in [3.63, 3.8) is 0 Å². The molecular weight excluding hydrogens is 576 g/mol. The van der Waals surface area contributed by atoms with Crippen LogP contribution in [0.4, 0.5) is 0 Å². The zero-order valence-electron chi connectivity index (χ0n) is 22.3. The molecule has 0 bridgehead atoms. The van der Waals surface area contributed by atoms with Crippen LogP contribution in [0, 0.1) is 6.92 Å². The van der Waals surface area contributed by atoms with E-state index in [0.29, 0.717) is 17.1 Å². The molecule has 42 heavy (non-hydrogen) atoms. The molecule has 0 saturated carbocycles. The molecule has 5 aromatic rings. The van der Waals surface area contributed by atoms with E-state index >= 15 is 0 Å². The number of hydrogen-bond acceptors (Lipinski definition) is 8. The molecule has 0 unspecified atom stereocenters. The van der Waals surface area contributed by atoms with Crippen molar-refractivity contribution in [3.8, 4) is 23.0 Å². The molecule has 2 N–H and O–H groups in total. The van der Waals surface area contributed by atoms with Gasteiger partial charge in [0.1, 0.15) is 23.0 Å². The van der Waals surface area contributed by atoms with Gasteiger partial charge in [0.2, 0.25) is 19.7 Å². The summed E-state index contributed by atoms with van der Waals surface area (Å²) in [7, 11) is -7.61. The number of rotatable bonds is 9. The van der Waals surface area contributed by atoms with Gasteiger partial charge in [-0.2, -0.15) is 0 Å². The molecule has 0 aromatic heterocycles. The molecule has 214 valence electrons. The van der Waals surface area contributed by atoms with Crippen LogP contribution < -0.4 is 9.47 Å². The molecule has 0 heterocycles. The quantitative estimate of drug-likeness (QED) is 0.190. The lowest BCUT2D eigenvalue weighted by atomic mass is 10.1. The summed E-state index contributed by atoms with van der Waals surface area (Å²) in [6.45, 7) is 1.92. The van der Waals surface area contributed by atoms with Crippen LogP contribution in [0.3, 0.4) is 0 Å². The number of aromatic hydroxyl groups is 2. The standard InChI is InChI=1S/C32H26O8S2/c1-22-3-2-4-23(21-22)32(39-26-9-17-30(18-10-26)41(35,36)28-13-5-24(33)6-14-28)40-27-11-19-31(20-12-27)42(37,38)29-15-7-25(34)8-16-29/h2-21,32-34H,1H3. The first kappa shape index (κ1) is 28.7. The summed E-state index contributed by atoms with van der Waals surface area (Å²) in [4.78, 5) is 0.203. The highest BCUT2D eigenvalue weighted by Gasteiger charge is 2.21. The lowest BCUT2D eigenvalue weighted by Gasteiger charge is -2.21. The molecule has 8 nitrogen and oxygen atoms in total. The SMILES string of the molecule is Cc1cccc(C(Oc2ccc(S(=O)(=O)c3ccc(O)cc3)cc2)Oc2ccc(S(=O)(=O)c3ccc(O)cc3)cc2)c1. The third kappa shape index (κ3) is 6.24. The molecule has 0 amide bonds. The van der Waals surface area contributed by atoms with Gasteiger partial charge < -0.3 is 19.7 Å². The van der Waals surface area contributed by atoms with Gasteiger partial charge in [0, 0.05) is 5.56 Å². The Morgan fingerprint density at radius 3 is 1.24 bits per heavy atom. The Balaban J connectivity index is 1.38. The molecule has 0 aliphatic rings. The van der Waals surface area contributed by atoms with E-state index in [1.807, 2.05) is 31.2 Å². The Kier molecular flexibility index (Phi) is 7.93. The van der Waals surface area contributed by atoms with Gasteiger partial charge in [-0.05, 0) is 110 Å². The molecule has 0 radical (unpaired) electrons. The van der Waals surface area contributed by atoms with Crippen LogP contribution in [0.25, 0.3) is 0 Å². The van der Waals surface area contributed by atoms with Crippen LogP contribution in [-0.2, 0) is 19.7 Å². The van der Waals surface area contributed by atoms with E-state index in [0.717, 1.165) is 5.56 Å². The van der Waals surface area contributed by atoms with Crippen molar-refractivity contribution in [2.75, 3.05) is 0 Å². The molecule has 0 saturated heterocycles. The first-order chi connectivity index (χ1) is 20.0. The average molecular weight is 603 g/mol. The summed E-state index contributed by atoms with van der Waals surface area (Å²) in [5, 5.41) is 19.0. The van der Waals surface area contributed by atoms with Crippen molar-refractivity contribution in [1.82, 2.24) is 0 Å². The van der Waals surface area contributed by atoms with E-state index in [4.69, 9.17) is 9.47 Å². The maximum atomic E-state index is 13.0. The lowest BCUT2D eigenvalue weighted by molar-refractivity contribution is 0.00370. The number of phenols is 2. The Hall–Kier alpha value is -4.80. The van der Waals surface area contributed by atoms with E-state index in [9.17, 15) is 27.0 Å². The fourth-order valence-corrected chi connectivity index (χ4v) is 6.66. The average Bonchev–Trinajstić information content (AvgIpc) is 2.98. The number of hydrogen-bond donors (Lipinski definition) is 2. The van der Waals surface area contributed by atoms with Gasteiger partial charge in [-0.3, -0.25) is 0 Å². The summed E-state index contributed by atoms with van der Waals surface area (Å²) >= 11 is 0. The lowest BCUT2D eigenvalue weighted by Crippen LogP contribution is -2.15. The van der Waals surface area contributed by atoms with E-state index in [1.54, 1.807) is 0 Å². The van der Waals surface area contributed by atoms with Gasteiger partial charge in [0.25, 0.3) is 6.29 Å². The van der Waals surface area contributed by atoms with Crippen LogP contribution in [0.1, 0.15) is 17.4 Å². The second-order valence-corrected chi connectivity index (χ2v) is 13.3. The normalized spacial score (nSPS) is 11.8. The summed E-state index contributed by atoms with van der Waals surface area (Å²) in [6, 6.07) is 29.8. The van der Waals surface area contributed by atoms with Crippen LogP contribution in [0.2, 0.25) is 0 Å². The Bertz CT molecular complexity index is 1780. The number of aryl methyl sites for hydroxylation is 1.